The third kappa shape index (κ3) is 2.89. The maximum absolute atomic E-state index is 13.3. The highest BCUT2D eigenvalue weighted by atomic mass is 79.9. The molecule has 0 saturated heterocycles. The highest BCUT2D eigenvalue weighted by molar-refractivity contribution is 9.10. The second-order valence-electron chi connectivity index (χ2n) is 3.65. The summed E-state index contributed by atoms with van der Waals surface area (Å²) in [5.41, 5.74) is 6.93. The molecule has 1 aromatic carbocycles. The highest BCUT2D eigenvalue weighted by Gasteiger charge is 2.05. The first-order valence-electron chi connectivity index (χ1n) is 5.27. The fourth-order valence-electron chi connectivity index (χ4n) is 1.45. The molecule has 0 aliphatic rings. The van der Waals surface area contributed by atoms with E-state index >= 15 is 0 Å². The molecule has 2 rings (SSSR count). The molecule has 4 nitrogen and oxygen atoms in total. The van der Waals surface area contributed by atoms with Gasteiger partial charge in [0.15, 0.2) is 0 Å². The van der Waals surface area contributed by atoms with E-state index in [1.807, 2.05) is 0 Å². The monoisotopic (exact) mass is 298 g/mol. The minimum absolute atomic E-state index is 0.318. The number of hydrogen-bond acceptors (Lipinski definition) is 3. The summed E-state index contributed by atoms with van der Waals surface area (Å²) in [7, 11) is 0. The Balaban J connectivity index is 2.21. The minimum atomic E-state index is -0.318. The molecule has 1 aromatic heterocycles. The van der Waals surface area contributed by atoms with Crippen molar-refractivity contribution in [1.82, 2.24) is 15.0 Å². The number of aromatic nitrogens is 3. The van der Waals surface area contributed by atoms with Gasteiger partial charge in [-0.3, -0.25) is 0 Å². The van der Waals surface area contributed by atoms with Crippen molar-refractivity contribution in [3.05, 3.63) is 40.4 Å². The van der Waals surface area contributed by atoms with Crippen LogP contribution in [-0.2, 0) is 6.42 Å². The molecular formula is C11H12BrFN4. The smallest absolute Gasteiger partial charge is 0.139 e. The van der Waals surface area contributed by atoms with Crippen LogP contribution in [0.3, 0.4) is 0 Å². The van der Waals surface area contributed by atoms with Crippen molar-refractivity contribution >= 4 is 15.9 Å². The van der Waals surface area contributed by atoms with Crippen LogP contribution >= 0.6 is 15.9 Å². The van der Waals surface area contributed by atoms with Crippen LogP contribution in [0.5, 0.6) is 0 Å². The summed E-state index contributed by atoms with van der Waals surface area (Å²) in [5.74, 6) is -0.318. The number of benzene rings is 1. The van der Waals surface area contributed by atoms with Crippen molar-refractivity contribution in [2.24, 2.45) is 5.73 Å². The van der Waals surface area contributed by atoms with Gasteiger partial charge in [-0.2, -0.15) is 0 Å². The predicted octanol–water partition coefficient (Wildman–Crippen LogP) is 2.06. The van der Waals surface area contributed by atoms with Crippen molar-refractivity contribution in [3.63, 3.8) is 0 Å². The number of aryl methyl sites for hydroxylation is 1. The Hall–Kier alpha value is -1.27. The zero-order chi connectivity index (χ0) is 12.3. The van der Waals surface area contributed by atoms with Crippen molar-refractivity contribution < 1.29 is 4.39 Å². The highest BCUT2D eigenvalue weighted by Crippen LogP contribution is 2.18. The Morgan fingerprint density at radius 3 is 2.94 bits per heavy atom. The van der Waals surface area contributed by atoms with Crippen LogP contribution < -0.4 is 5.73 Å². The lowest BCUT2D eigenvalue weighted by Gasteiger charge is -2.00. The van der Waals surface area contributed by atoms with Crippen LogP contribution in [0.2, 0.25) is 0 Å². The standard InChI is InChI=1S/C11H12BrFN4/c12-10-4-3-9(6-11(10)13)17-7-8(15-16-17)2-1-5-14/h3-4,6-7H,1-2,5,14H2. The van der Waals surface area contributed by atoms with Crippen LogP contribution in [0, 0.1) is 5.82 Å². The largest absolute Gasteiger partial charge is 0.330 e. The molecule has 0 aliphatic heterocycles. The fourth-order valence-corrected chi connectivity index (χ4v) is 1.70. The van der Waals surface area contributed by atoms with Crippen molar-refractivity contribution in [3.8, 4) is 5.69 Å². The van der Waals surface area contributed by atoms with E-state index < -0.39 is 0 Å². The van der Waals surface area contributed by atoms with Gasteiger partial charge in [-0.05, 0) is 47.4 Å². The van der Waals surface area contributed by atoms with E-state index in [1.165, 1.54) is 6.07 Å². The lowest BCUT2D eigenvalue weighted by atomic mass is 10.2. The van der Waals surface area contributed by atoms with E-state index in [4.69, 9.17) is 5.73 Å². The molecule has 17 heavy (non-hydrogen) atoms. The second kappa shape index (κ2) is 5.37. The Labute approximate surface area is 107 Å². The zero-order valence-corrected chi connectivity index (χ0v) is 10.7. The SMILES string of the molecule is NCCCc1cn(-c2ccc(Br)c(F)c2)nn1. The summed E-state index contributed by atoms with van der Waals surface area (Å²) in [6.45, 7) is 0.625. The lowest BCUT2D eigenvalue weighted by molar-refractivity contribution is 0.618. The molecule has 0 spiro atoms. The molecule has 90 valence electrons. The van der Waals surface area contributed by atoms with Gasteiger partial charge in [0.25, 0.3) is 0 Å². The van der Waals surface area contributed by atoms with Crippen LogP contribution in [0.4, 0.5) is 4.39 Å². The maximum atomic E-state index is 13.3. The Bertz CT molecular complexity index is 512. The van der Waals surface area contributed by atoms with Crippen LogP contribution in [0.1, 0.15) is 12.1 Å². The molecule has 0 saturated carbocycles. The summed E-state index contributed by atoms with van der Waals surface area (Å²) in [6.07, 6.45) is 3.45. The number of nitrogens with zero attached hydrogens (tertiary/aromatic N) is 3. The van der Waals surface area contributed by atoms with E-state index in [0.29, 0.717) is 16.7 Å². The van der Waals surface area contributed by atoms with Crippen LogP contribution in [0.15, 0.2) is 28.9 Å². The Morgan fingerprint density at radius 1 is 1.41 bits per heavy atom. The van der Waals surface area contributed by atoms with Gasteiger partial charge in [0.1, 0.15) is 5.82 Å². The average Bonchev–Trinajstić information content (AvgIpc) is 2.79. The number of halogens is 2. The molecule has 1 heterocycles. The molecular weight excluding hydrogens is 287 g/mol. The molecule has 0 amide bonds. The molecule has 2 aromatic rings. The van der Waals surface area contributed by atoms with E-state index in [1.54, 1.807) is 23.0 Å². The third-order valence-electron chi connectivity index (χ3n) is 2.35. The quantitative estimate of drug-likeness (QED) is 0.940. The molecule has 0 radical (unpaired) electrons. The number of hydrogen-bond donors (Lipinski definition) is 1. The molecule has 0 aliphatic carbocycles. The van der Waals surface area contributed by atoms with Crippen LogP contribution in [-0.4, -0.2) is 21.5 Å². The van der Waals surface area contributed by atoms with E-state index in [0.717, 1.165) is 18.5 Å². The first kappa shape index (κ1) is 12.2. The van der Waals surface area contributed by atoms with Gasteiger partial charge in [-0.25, -0.2) is 9.07 Å². The molecule has 0 atom stereocenters. The normalized spacial score (nSPS) is 10.8. The minimum Gasteiger partial charge on any atom is -0.330 e. The summed E-state index contributed by atoms with van der Waals surface area (Å²) >= 11 is 3.11. The van der Waals surface area contributed by atoms with Crippen molar-refractivity contribution in [2.45, 2.75) is 12.8 Å². The van der Waals surface area contributed by atoms with Gasteiger partial charge >= 0.3 is 0 Å². The maximum Gasteiger partial charge on any atom is 0.139 e. The molecule has 6 heteroatoms. The van der Waals surface area contributed by atoms with Crippen molar-refractivity contribution in [1.29, 1.82) is 0 Å². The summed E-state index contributed by atoms with van der Waals surface area (Å²) in [5, 5.41) is 7.96. The van der Waals surface area contributed by atoms with Gasteiger partial charge in [0.2, 0.25) is 0 Å². The number of rotatable bonds is 4. The predicted molar refractivity (Wildman–Crippen MR) is 66.4 cm³/mol. The topological polar surface area (TPSA) is 56.7 Å². The molecule has 2 N–H and O–H groups in total. The summed E-state index contributed by atoms with van der Waals surface area (Å²) in [6, 6.07) is 4.83. The van der Waals surface area contributed by atoms with Gasteiger partial charge in [-0.1, -0.05) is 5.21 Å². The van der Waals surface area contributed by atoms with Crippen molar-refractivity contribution in [2.75, 3.05) is 6.54 Å². The average molecular weight is 299 g/mol. The van der Waals surface area contributed by atoms with E-state index in [2.05, 4.69) is 26.2 Å². The molecule has 0 fully saturated rings. The van der Waals surface area contributed by atoms with Gasteiger partial charge in [0, 0.05) is 6.07 Å². The fraction of sp³-hybridized carbons (Fsp3) is 0.273. The number of nitrogens with two attached hydrogens (primary N) is 1. The second-order valence-corrected chi connectivity index (χ2v) is 4.50. The van der Waals surface area contributed by atoms with E-state index in [-0.39, 0.29) is 5.82 Å². The lowest BCUT2D eigenvalue weighted by Crippen LogP contribution is -2.00. The first-order chi connectivity index (χ1) is 8.20. The third-order valence-corrected chi connectivity index (χ3v) is 2.99. The van der Waals surface area contributed by atoms with E-state index in [9.17, 15) is 4.39 Å². The van der Waals surface area contributed by atoms with Gasteiger partial charge in [-0.15, -0.1) is 5.10 Å². The van der Waals surface area contributed by atoms with Gasteiger partial charge < -0.3 is 5.73 Å². The Morgan fingerprint density at radius 2 is 2.24 bits per heavy atom. The van der Waals surface area contributed by atoms with Gasteiger partial charge in [0.05, 0.1) is 22.1 Å². The van der Waals surface area contributed by atoms with Crippen LogP contribution in [0.25, 0.3) is 5.69 Å². The molecule has 0 bridgehead atoms. The molecule has 0 unspecified atom stereocenters. The zero-order valence-electron chi connectivity index (χ0n) is 9.11. The first-order valence-corrected chi connectivity index (χ1v) is 6.06. The summed E-state index contributed by atoms with van der Waals surface area (Å²) < 4.78 is 15.3. The Kier molecular flexibility index (Phi) is 3.86. The summed E-state index contributed by atoms with van der Waals surface area (Å²) in [4.78, 5) is 0.